The number of hydrogen-bond donors (Lipinski definition) is 1. The lowest BCUT2D eigenvalue weighted by Crippen LogP contribution is -2.62. The predicted octanol–water partition coefficient (Wildman–Crippen LogP) is 1.82. The molecule has 2 saturated heterocycles. The first-order chi connectivity index (χ1) is 17.2. The van der Waals surface area contributed by atoms with E-state index in [0.29, 0.717) is 37.1 Å². The Balaban J connectivity index is 1.54. The van der Waals surface area contributed by atoms with Crippen molar-refractivity contribution in [3.05, 3.63) is 53.3 Å². The summed E-state index contributed by atoms with van der Waals surface area (Å²) in [5.41, 5.74) is 0. The number of benzene rings is 2. The quantitative estimate of drug-likeness (QED) is 0.566. The van der Waals surface area contributed by atoms with Crippen molar-refractivity contribution in [3.63, 3.8) is 0 Å². The van der Waals surface area contributed by atoms with Gasteiger partial charge in [0.05, 0.1) is 18.1 Å². The van der Waals surface area contributed by atoms with Crippen LogP contribution in [0.4, 0.5) is 9.18 Å². The molecule has 2 aromatic carbocycles. The lowest BCUT2D eigenvalue weighted by atomic mass is 10.2. The minimum Gasteiger partial charge on any atom is -0.454 e. The molecule has 14 heteroatoms. The van der Waals surface area contributed by atoms with E-state index in [9.17, 15) is 22.4 Å². The van der Waals surface area contributed by atoms with Crippen molar-refractivity contribution in [1.82, 2.24) is 14.1 Å². The number of morpholine rings is 1. The number of hydrogen-bond acceptors (Lipinski definition) is 8. The van der Waals surface area contributed by atoms with Crippen LogP contribution in [0.5, 0.6) is 11.5 Å². The van der Waals surface area contributed by atoms with Crippen LogP contribution in [0.25, 0.3) is 0 Å². The first-order valence-corrected chi connectivity index (χ1v) is 12.8. The normalized spacial score (nSPS) is 19.1. The number of nitrogens with two attached hydrogens (primary N) is 1. The molecule has 2 aliphatic rings. The highest BCUT2D eigenvalue weighted by molar-refractivity contribution is 7.89. The van der Waals surface area contributed by atoms with E-state index in [0.717, 1.165) is 10.4 Å². The Morgan fingerprint density at radius 2 is 1.72 bits per heavy atom. The van der Waals surface area contributed by atoms with Crippen LogP contribution in [0.1, 0.15) is 0 Å². The van der Waals surface area contributed by atoms with Gasteiger partial charge >= 0.3 is 12.0 Å². The van der Waals surface area contributed by atoms with Crippen LogP contribution in [0.2, 0.25) is 5.02 Å². The summed E-state index contributed by atoms with van der Waals surface area (Å²) in [5.74, 6) is 3.19. The molecule has 0 unspecified atom stereocenters. The van der Waals surface area contributed by atoms with Gasteiger partial charge in [-0.05, 0) is 42.5 Å². The highest BCUT2D eigenvalue weighted by Crippen LogP contribution is 2.30. The van der Waals surface area contributed by atoms with Crippen LogP contribution in [0.3, 0.4) is 0 Å². The summed E-state index contributed by atoms with van der Waals surface area (Å²) in [6.07, 6.45) is 0. The Labute approximate surface area is 212 Å². The summed E-state index contributed by atoms with van der Waals surface area (Å²) in [6, 6.07) is 7.58. The highest BCUT2D eigenvalue weighted by atomic mass is 35.5. The molecule has 36 heavy (non-hydrogen) atoms. The van der Waals surface area contributed by atoms with E-state index in [2.05, 4.69) is 4.84 Å². The number of halogens is 2. The topological polar surface area (TPSA) is 132 Å². The number of carbonyl (C=O) groups is 2. The molecule has 194 valence electrons. The summed E-state index contributed by atoms with van der Waals surface area (Å²) in [5, 5.41) is 0.474. The molecule has 0 spiro atoms. The van der Waals surface area contributed by atoms with Crippen molar-refractivity contribution in [2.45, 2.75) is 10.9 Å². The number of urea groups is 1. The summed E-state index contributed by atoms with van der Waals surface area (Å²) in [6.45, 7) is 1.06. The van der Waals surface area contributed by atoms with Crippen molar-refractivity contribution in [2.75, 3.05) is 45.9 Å². The molecule has 0 radical (unpaired) electrons. The molecule has 1 atom stereocenters. The average molecular weight is 543 g/mol. The summed E-state index contributed by atoms with van der Waals surface area (Å²) in [4.78, 5) is 32.1. The van der Waals surface area contributed by atoms with Gasteiger partial charge in [-0.15, -0.1) is 0 Å². The van der Waals surface area contributed by atoms with Gasteiger partial charge in [-0.2, -0.15) is 10.2 Å². The minimum absolute atomic E-state index is 0.0179. The fourth-order valence-electron chi connectivity index (χ4n) is 3.94. The number of ether oxygens (including phenoxy) is 2. The Morgan fingerprint density at radius 3 is 2.36 bits per heavy atom. The fourth-order valence-corrected chi connectivity index (χ4v) is 5.64. The predicted molar refractivity (Wildman–Crippen MR) is 125 cm³/mol. The number of sulfonamides is 1. The molecule has 2 fully saturated rings. The van der Waals surface area contributed by atoms with Crippen LogP contribution in [0, 0.1) is 5.82 Å². The van der Waals surface area contributed by atoms with E-state index in [1.165, 1.54) is 29.2 Å². The van der Waals surface area contributed by atoms with Crippen LogP contribution >= 0.6 is 11.6 Å². The number of nitrogens with zero attached hydrogens (tertiary/aromatic N) is 3. The van der Waals surface area contributed by atoms with E-state index in [-0.39, 0.29) is 31.4 Å². The first-order valence-electron chi connectivity index (χ1n) is 11.0. The number of carbonyl (C=O) groups excluding carboxylic acids is 2. The molecule has 0 aliphatic carbocycles. The third kappa shape index (κ3) is 5.55. The second kappa shape index (κ2) is 11.0. The van der Waals surface area contributed by atoms with E-state index in [1.807, 2.05) is 0 Å². The lowest BCUT2D eigenvalue weighted by Gasteiger charge is -2.41. The summed E-state index contributed by atoms with van der Waals surface area (Å²) in [7, 11) is -4.37. The third-order valence-electron chi connectivity index (χ3n) is 5.82. The summed E-state index contributed by atoms with van der Waals surface area (Å²) < 4.78 is 53.1. The maximum Gasteiger partial charge on any atom is 0.344 e. The van der Waals surface area contributed by atoms with Gasteiger partial charge in [0.2, 0.25) is 10.0 Å². The van der Waals surface area contributed by atoms with Crippen LogP contribution < -0.4 is 10.6 Å². The highest BCUT2D eigenvalue weighted by Gasteiger charge is 2.43. The van der Waals surface area contributed by atoms with Crippen LogP contribution in [-0.4, -0.2) is 86.5 Å². The van der Waals surface area contributed by atoms with Gasteiger partial charge in [0.15, 0.2) is 11.6 Å². The fraction of sp³-hybridized carbons (Fsp3) is 0.364. The van der Waals surface area contributed by atoms with Gasteiger partial charge in [-0.3, -0.25) is 0 Å². The van der Waals surface area contributed by atoms with E-state index < -0.39 is 32.7 Å². The van der Waals surface area contributed by atoms with Crippen molar-refractivity contribution in [3.8, 4) is 11.5 Å². The van der Waals surface area contributed by atoms with E-state index in [1.54, 1.807) is 17.0 Å². The number of rotatable bonds is 5. The Bertz CT molecular complexity index is 1230. The summed E-state index contributed by atoms with van der Waals surface area (Å²) >= 11 is 5.83. The van der Waals surface area contributed by atoms with Gasteiger partial charge in [-0.25, -0.2) is 22.4 Å². The standard InChI is InChI=1S/C22H24ClFN4O7S/c23-15-1-3-16(4-2-15)34-20-6-5-17(13-18(20)24)36(31,32)28-8-7-27(14-19(28)21(29)35-25)22(30)26-9-11-33-12-10-26/h1-6,13,19H,7-12,14,25H2/t19-/m1/s1. The van der Waals surface area contributed by atoms with Crippen molar-refractivity contribution < 1.29 is 36.7 Å². The van der Waals surface area contributed by atoms with Gasteiger partial charge in [0.1, 0.15) is 11.8 Å². The maximum atomic E-state index is 14.8. The first kappa shape index (κ1) is 26.1. The minimum atomic E-state index is -4.37. The second-order valence-electron chi connectivity index (χ2n) is 8.04. The zero-order chi connectivity index (χ0) is 25.9. The molecule has 0 aromatic heterocycles. The van der Waals surface area contributed by atoms with E-state index in [4.69, 9.17) is 27.0 Å². The molecule has 2 aromatic rings. The average Bonchev–Trinajstić information content (AvgIpc) is 2.90. The molecule has 2 heterocycles. The largest absolute Gasteiger partial charge is 0.454 e. The molecule has 2 N–H and O–H groups in total. The second-order valence-corrected chi connectivity index (χ2v) is 10.4. The zero-order valence-corrected chi connectivity index (χ0v) is 20.6. The third-order valence-corrected chi connectivity index (χ3v) is 7.98. The molecule has 4 rings (SSSR count). The molecule has 2 aliphatic heterocycles. The Hall–Kier alpha value is -2.97. The number of amides is 2. The van der Waals surface area contributed by atoms with Gasteiger partial charge in [0.25, 0.3) is 0 Å². The van der Waals surface area contributed by atoms with E-state index >= 15 is 0 Å². The smallest absolute Gasteiger partial charge is 0.344 e. The van der Waals surface area contributed by atoms with Crippen LogP contribution in [-0.2, 0) is 24.4 Å². The monoisotopic (exact) mass is 542 g/mol. The van der Waals surface area contributed by atoms with Gasteiger partial charge in [-0.1, -0.05) is 11.6 Å². The molecule has 0 bridgehead atoms. The van der Waals surface area contributed by atoms with Crippen molar-refractivity contribution in [1.29, 1.82) is 0 Å². The molecule has 2 amide bonds. The van der Waals surface area contributed by atoms with Crippen molar-refractivity contribution in [2.24, 2.45) is 5.90 Å². The lowest BCUT2D eigenvalue weighted by molar-refractivity contribution is -0.150. The molecule has 0 saturated carbocycles. The molecular formula is C22H24ClFN4O7S. The van der Waals surface area contributed by atoms with Gasteiger partial charge < -0.3 is 24.1 Å². The van der Waals surface area contributed by atoms with Crippen molar-refractivity contribution >= 4 is 33.6 Å². The maximum absolute atomic E-state index is 14.8. The number of piperazine rings is 1. The van der Waals surface area contributed by atoms with Crippen LogP contribution in [0.15, 0.2) is 47.4 Å². The van der Waals surface area contributed by atoms with Gasteiger partial charge in [0, 0.05) is 37.7 Å². The zero-order valence-electron chi connectivity index (χ0n) is 19.0. The molecule has 11 nitrogen and oxygen atoms in total. The SMILES string of the molecule is NOC(=O)[C@H]1CN(C(=O)N2CCOCC2)CCN1S(=O)(=O)c1ccc(Oc2ccc(Cl)cc2)c(F)c1. The molecular weight excluding hydrogens is 519 g/mol. The Kier molecular flexibility index (Phi) is 7.95. The Morgan fingerprint density at radius 1 is 1.03 bits per heavy atom.